The zero-order valence-electron chi connectivity index (χ0n) is 20.7. The number of rotatable bonds is 5. The first-order valence-corrected chi connectivity index (χ1v) is 12.1. The molecule has 8 nitrogen and oxygen atoms in total. The number of anilines is 2. The van der Waals surface area contributed by atoms with Crippen molar-refractivity contribution in [1.82, 2.24) is 14.7 Å². The van der Waals surface area contributed by atoms with Gasteiger partial charge in [0.1, 0.15) is 12.2 Å². The third-order valence-corrected chi connectivity index (χ3v) is 6.35. The second-order valence-electron chi connectivity index (χ2n) is 9.07. The molecule has 37 heavy (non-hydrogen) atoms. The van der Waals surface area contributed by atoms with Gasteiger partial charge >= 0.3 is 0 Å². The van der Waals surface area contributed by atoms with Crippen molar-refractivity contribution in [2.24, 2.45) is 0 Å². The maximum Gasteiger partial charge on any atom is 0.272 e. The summed E-state index contributed by atoms with van der Waals surface area (Å²) in [5, 5.41) is 7.57. The van der Waals surface area contributed by atoms with Crippen LogP contribution in [-0.2, 0) is 9.59 Å². The molecule has 2 heterocycles. The molecule has 5 rings (SSSR count). The van der Waals surface area contributed by atoms with Crippen LogP contribution in [0.25, 0.3) is 16.9 Å². The minimum atomic E-state index is -0.362. The van der Waals surface area contributed by atoms with Crippen molar-refractivity contribution in [3.05, 3.63) is 96.7 Å². The highest BCUT2D eigenvalue weighted by Crippen LogP contribution is 2.31. The van der Waals surface area contributed by atoms with Crippen LogP contribution in [-0.4, -0.2) is 52.0 Å². The molecule has 1 N–H and O–H groups in total. The van der Waals surface area contributed by atoms with Gasteiger partial charge < -0.3 is 15.1 Å². The molecular weight excluding hydrogens is 466 g/mol. The van der Waals surface area contributed by atoms with Crippen molar-refractivity contribution < 1.29 is 14.4 Å². The SMILES string of the molecule is C[C@H]1CC(=O)Nc2ccccc2N1C(=O)CN(C)C(=O)c1cc(-c2ccccc2)nn1-c1ccccc1. The van der Waals surface area contributed by atoms with E-state index in [2.05, 4.69) is 5.32 Å². The molecule has 1 aromatic heterocycles. The Balaban J connectivity index is 1.45. The maximum atomic E-state index is 13.7. The first kappa shape index (κ1) is 24.0. The Labute approximate surface area is 215 Å². The number of carbonyl (C=O) groups excluding carboxylic acids is 3. The number of benzene rings is 3. The van der Waals surface area contributed by atoms with Crippen LogP contribution in [0.2, 0.25) is 0 Å². The first-order chi connectivity index (χ1) is 17.9. The highest BCUT2D eigenvalue weighted by molar-refractivity contribution is 6.06. The van der Waals surface area contributed by atoms with Gasteiger partial charge in [0.05, 0.1) is 22.8 Å². The average Bonchev–Trinajstić information content (AvgIpc) is 3.30. The summed E-state index contributed by atoms with van der Waals surface area (Å²) in [5.74, 6) is -0.766. The molecule has 186 valence electrons. The average molecular weight is 494 g/mol. The van der Waals surface area contributed by atoms with E-state index in [4.69, 9.17) is 5.10 Å². The van der Waals surface area contributed by atoms with Crippen molar-refractivity contribution in [1.29, 1.82) is 0 Å². The van der Waals surface area contributed by atoms with E-state index >= 15 is 0 Å². The number of aromatic nitrogens is 2. The normalized spacial score (nSPS) is 14.9. The fourth-order valence-corrected chi connectivity index (χ4v) is 4.56. The second-order valence-corrected chi connectivity index (χ2v) is 9.07. The van der Waals surface area contributed by atoms with Crippen LogP contribution in [0.1, 0.15) is 23.8 Å². The molecule has 0 radical (unpaired) electrons. The van der Waals surface area contributed by atoms with Crippen molar-refractivity contribution in [2.75, 3.05) is 23.8 Å². The van der Waals surface area contributed by atoms with E-state index in [0.29, 0.717) is 22.8 Å². The summed E-state index contributed by atoms with van der Waals surface area (Å²) in [6.45, 7) is 1.67. The molecule has 4 aromatic rings. The molecule has 0 saturated heterocycles. The molecule has 1 aliphatic heterocycles. The van der Waals surface area contributed by atoms with E-state index in [0.717, 1.165) is 11.3 Å². The van der Waals surface area contributed by atoms with Gasteiger partial charge in [0, 0.05) is 25.1 Å². The number of likely N-dealkylation sites (N-methyl/N-ethyl adjacent to an activating group) is 1. The minimum absolute atomic E-state index is 0.153. The van der Waals surface area contributed by atoms with Gasteiger partial charge in [-0.05, 0) is 37.3 Å². The Kier molecular flexibility index (Phi) is 6.55. The maximum absolute atomic E-state index is 13.7. The zero-order chi connectivity index (χ0) is 25.9. The van der Waals surface area contributed by atoms with Crippen LogP contribution in [0.15, 0.2) is 91.0 Å². The number of hydrogen-bond acceptors (Lipinski definition) is 4. The summed E-state index contributed by atoms with van der Waals surface area (Å²) in [4.78, 5) is 42.5. The molecule has 1 aliphatic rings. The van der Waals surface area contributed by atoms with Crippen LogP contribution in [0, 0.1) is 0 Å². The molecule has 0 aliphatic carbocycles. The van der Waals surface area contributed by atoms with Crippen molar-refractivity contribution in [2.45, 2.75) is 19.4 Å². The molecule has 0 spiro atoms. The van der Waals surface area contributed by atoms with Gasteiger partial charge in [-0.15, -0.1) is 0 Å². The predicted octanol–water partition coefficient (Wildman–Crippen LogP) is 4.38. The van der Waals surface area contributed by atoms with Crippen LogP contribution in [0.3, 0.4) is 0 Å². The number of hydrogen-bond donors (Lipinski definition) is 1. The molecular formula is C29H27N5O3. The second kappa shape index (κ2) is 10.1. The van der Waals surface area contributed by atoms with Gasteiger partial charge in [-0.25, -0.2) is 4.68 Å². The number of fused-ring (bicyclic) bond motifs is 1. The summed E-state index contributed by atoms with van der Waals surface area (Å²) in [5.41, 5.74) is 3.83. The van der Waals surface area contributed by atoms with Gasteiger partial charge in [0.25, 0.3) is 5.91 Å². The van der Waals surface area contributed by atoms with Crippen molar-refractivity contribution in [3.8, 4) is 16.9 Å². The fourth-order valence-electron chi connectivity index (χ4n) is 4.56. The monoisotopic (exact) mass is 493 g/mol. The summed E-state index contributed by atoms with van der Waals surface area (Å²) in [6, 6.07) is 27.6. The van der Waals surface area contributed by atoms with E-state index in [1.807, 2.05) is 79.7 Å². The van der Waals surface area contributed by atoms with Gasteiger partial charge in [-0.1, -0.05) is 60.7 Å². The van der Waals surface area contributed by atoms with Crippen LogP contribution in [0.4, 0.5) is 11.4 Å². The molecule has 3 aromatic carbocycles. The molecule has 1 atom stereocenters. The Morgan fingerprint density at radius 2 is 1.62 bits per heavy atom. The molecule has 0 unspecified atom stereocenters. The van der Waals surface area contributed by atoms with Crippen molar-refractivity contribution in [3.63, 3.8) is 0 Å². The smallest absolute Gasteiger partial charge is 0.272 e. The minimum Gasteiger partial charge on any atom is -0.331 e. The zero-order valence-corrected chi connectivity index (χ0v) is 20.7. The number of nitrogens with zero attached hydrogens (tertiary/aromatic N) is 4. The van der Waals surface area contributed by atoms with E-state index in [-0.39, 0.29) is 36.7 Å². The van der Waals surface area contributed by atoms with Crippen LogP contribution >= 0.6 is 0 Å². The number of amides is 3. The number of para-hydroxylation sites is 3. The van der Waals surface area contributed by atoms with Gasteiger partial charge in [0.15, 0.2) is 0 Å². The van der Waals surface area contributed by atoms with Crippen molar-refractivity contribution >= 4 is 29.1 Å². The molecule has 0 saturated carbocycles. The lowest BCUT2D eigenvalue weighted by molar-refractivity contribution is -0.119. The Morgan fingerprint density at radius 1 is 0.973 bits per heavy atom. The lowest BCUT2D eigenvalue weighted by Gasteiger charge is -2.29. The third kappa shape index (κ3) is 4.86. The lowest BCUT2D eigenvalue weighted by atomic mass is 10.1. The Hall–Kier alpha value is -4.72. The number of nitrogens with one attached hydrogen (secondary N) is 1. The quantitative estimate of drug-likeness (QED) is 0.447. The van der Waals surface area contributed by atoms with E-state index in [1.165, 1.54) is 4.90 Å². The fraction of sp³-hybridized carbons (Fsp3) is 0.172. The molecule has 8 heteroatoms. The summed E-state index contributed by atoms with van der Waals surface area (Å²) in [7, 11) is 1.60. The highest BCUT2D eigenvalue weighted by atomic mass is 16.2. The lowest BCUT2D eigenvalue weighted by Crippen LogP contribution is -2.45. The first-order valence-electron chi connectivity index (χ1n) is 12.1. The Bertz CT molecular complexity index is 1450. The largest absolute Gasteiger partial charge is 0.331 e. The summed E-state index contributed by atoms with van der Waals surface area (Å²) >= 11 is 0. The van der Waals surface area contributed by atoms with Gasteiger partial charge in [-0.2, -0.15) is 5.10 Å². The standard InChI is InChI=1S/C29H27N5O3/c1-20-17-27(35)30-23-15-9-10-16-25(23)33(20)28(36)19-32(2)29(37)26-18-24(21-11-5-3-6-12-21)31-34(26)22-13-7-4-8-14-22/h3-16,18,20H,17,19H2,1-2H3,(H,30,35)/t20-/m0/s1. The van der Waals surface area contributed by atoms with Gasteiger partial charge in [0.2, 0.25) is 11.8 Å². The van der Waals surface area contributed by atoms with E-state index in [1.54, 1.807) is 34.8 Å². The van der Waals surface area contributed by atoms with E-state index < -0.39 is 0 Å². The molecule has 0 fully saturated rings. The van der Waals surface area contributed by atoms with Crippen LogP contribution in [0.5, 0.6) is 0 Å². The third-order valence-electron chi connectivity index (χ3n) is 6.35. The topological polar surface area (TPSA) is 87.5 Å². The molecule has 3 amide bonds. The number of carbonyl (C=O) groups is 3. The van der Waals surface area contributed by atoms with Gasteiger partial charge in [-0.3, -0.25) is 14.4 Å². The summed E-state index contributed by atoms with van der Waals surface area (Å²) < 4.78 is 1.61. The highest BCUT2D eigenvalue weighted by Gasteiger charge is 2.31. The predicted molar refractivity (Wildman–Crippen MR) is 143 cm³/mol. The molecule has 0 bridgehead atoms. The van der Waals surface area contributed by atoms with E-state index in [9.17, 15) is 14.4 Å². The van der Waals surface area contributed by atoms with Crippen LogP contribution < -0.4 is 10.2 Å². The summed E-state index contributed by atoms with van der Waals surface area (Å²) in [6.07, 6.45) is 0.166. The Morgan fingerprint density at radius 3 is 2.35 bits per heavy atom.